The van der Waals surface area contributed by atoms with E-state index in [1.807, 2.05) is 0 Å². The number of hydrogen-bond acceptors (Lipinski definition) is 3. The summed E-state index contributed by atoms with van der Waals surface area (Å²) in [6.45, 7) is 5.79. The van der Waals surface area contributed by atoms with Crippen molar-refractivity contribution in [3.63, 3.8) is 0 Å². The largest absolute Gasteiger partial charge is 0.481 e. The fourth-order valence-corrected chi connectivity index (χ4v) is 2.30. The van der Waals surface area contributed by atoms with Gasteiger partial charge in [-0.05, 0) is 24.7 Å². The minimum Gasteiger partial charge on any atom is -0.481 e. The molecule has 0 aromatic heterocycles. The molecular formula is C12H22N2O3. The number of carbonyl (C=O) groups excluding carboxylic acids is 1. The van der Waals surface area contributed by atoms with Gasteiger partial charge < -0.3 is 15.7 Å². The summed E-state index contributed by atoms with van der Waals surface area (Å²) >= 11 is 0. The van der Waals surface area contributed by atoms with Crippen LogP contribution in [0.1, 0.15) is 33.1 Å². The van der Waals surface area contributed by atoms with Crippen molar-refractivity contribution in [1.29, 1.82) is 0 Å². The molecule has 0 aromatic carbocycles. The maximum atomic E-state index is 11.8. The molecule has 1 saturated heterocycles. The molecule has 1 atom stereocenters. The topological polar surface area (TPSA) is 83.6 Å². The Morgan fingerprint density at radius 1 is 1.35 bits per heavy atom. The Kier molecular flexibility index (Phi) is 4.93. The van der Waals surface area contributed by atoms with E-state index in [9.17, 15) is 9.59 Å². The molecule has 0 radical (unpaired) electrons. The first-order chi connectivity index (χ1) is 7.91. The number of piperidine rings is 1. The maximum Gasteiger partial charge on any atom is 0.305 e. The average Bonchev–Trinajstić information content (AvgIpc) is 2.27. The van der Waals surface area contributed by atoms with Gasteiger partial charge in [0.15, 0.2) is 0 Å². The van der Waals surface area contributed by atoms with Gasteiger partial charge in [0.05, 0.1) is 12.5 Å². The first-order valence-corrected chi connectivity index (χ1v) is 6.18. The second-order valence-corrected chi connectivity index (χ2v) is 5.11. The molecule has 0 aromatic rings. The van der Waals surface area contributed by atoms with E-state index in [1.54, 1.807) is 4.90 Å². The van der Waals surface area contributed by atoms with E-state index in [1.165, 1.54) is 0 Å². The number of carboxylic acids is 1. The minimum absolute atomic E-state index is 0.227. The number of hydrogen-bond donors (Lipinski definition) is 2. The summed E-state index contributed by atoms with van der Waals surface area (Å²) in [5, 5.41) is 8.60. The second-order valence-electron chi connectivity index (χ2n) is 5.11. The summed E-state index contributed by atoms with van der Waals surface area (Å²) in [6, 6.07) is -0.900. The summed E-state index contributed by atoms with van der Waals surface area (Å²) < 4.78 is 0. The Morgan fingerprint density at radius 2 is 1.88 bits per heavy atom. The first-order valence-electron chi connectivity index (χ1n) is 6.18. The molecular weight excluding hydrogens is 220 g/mol. The second kappa shape index (κ2) is 6.00. The fourth-order valence-electron chi connectivity index (χ4n) is 2.30. The molecule has 3 N–H and O–H groups in total. The van der Waals surface area contributed by atoms with E-state index in [2.05, 4.69) is 13.8 Å². The summed E-state index contributed by atoms with van der Waals surface area (Å²) in [4.78, 5) is 24.0. The molecule has 1 fully saturated rings. The van der Waals surface area contributed by atoms with E-state index in [-0.39, 0.29) is 12.3 Å². The van der Waals surface area contributed by atoms with Crippen LogP contribution < -0.4 is 5.73 Å². The van der Waals surface area contributed by atoms with E-state index < -0.39 is 12.0 Å². The summed E-state index contributed by atoms with van der Waals surface area (Å²) in [7, 11) is 0. The zero-order chi connectivity index (χ0) is 13.0. The minimum atomic E-state index is -1.03. The predicted molar refractivity (Wildman–Crippen MR) is 64.4 cm³/mol. The van der Waals surface area contributed by atoms with Crippen molar-refractivity contribution in [3.8, 4) is 0 Å². The van der Waals surface area contributed by atoms with E-state index in [0.29, 0.717) is 24.9 Å². The molecule has 1 aliphatic heterocycles. The van der Waals surface area contributed by atoms with Gasteiger partial charge >= 0.3 is 5.97 Å². The van der Waals surface area contributed by atoms with Gasteiger partial charge in [0, 0.05) is 13.1 Å². The number of nitrogens with zero attached hydrogens (tertiary/aromatic N) is 1. The Morgan fingerprint density at radius 3 is 2.29 bits per heavy atom. The highest BCUT2D eigenvalue weighted by molar-refractivity contribution is 5.86. The van der Waals surface area contributed by atoms with Crippen LogP contribution in [0.25, 0.3) is 0 Å². The normalized spacial score (nSPS) is 19.4. The Bertz CT molecular complexity index is 283. The number of aliphatic carboxylic acids is 1. The lowest BCUT2D eigenvalue weighted by molar-refractivity contribution is -0.142. The molecule has 5 heteroatoms. The lowest BCUT2D eigenvalue weighted by Gasteiger charge is -2.35. The Labute approximate surface area is 102 Å². The third kappa shape index (κ3) is 4.00. The number of amides is 1. The van der Waals surface area contributed by atoms with Crippen LogP contribution >= 0.6 is 0 Å². The summed E-state index contributed by atoms with van der Waals surface area (Å²) in [5.74, 6) is 0.0483. The van der Waals surface area contributed by atoms with E-state index in [4.69, 9.17) is 10.8 Å². The molecule has 1 heterocycles. The fraction of sp³-hybridized carbons (Fsp3) is 0.833. The smallest absolute Gasteiger partial charge is 0.305 e. The number of rotatable bonds is 4. The highest BCUT2D eigenvalue weighted by Crippen LogP contribution is 2.24. The lowest BCUT2D eigenvalue weighted by Crippen LogP contribution is -2.48. The number of carboxylic acid groups (broad SMARTS) is 1. The van der Waals surface area contributed by atoms with Gasteiger partial charge in [-0.15, -0.1) is 0 Å². The highest BCUT2D eigenvalue weighted by atomic mass is 16.4. The number of carbonyl (C=O) groups is 2. The standard InChI is InChI=1S/C12H22N2O3/c1-8(2)9-3-5-14(6-4-9)12(17)10(13)7-11(15)16/h8-10H,3-7,13H2,1-2H3,(H,15,16). The quantitative estimate of drug-likeness (QED) is 0.759. The van der Waals surface area contributed by atoms with Crippen molar-refractivity contribution < 1.29 is 14.7 Å². The molecule has 17 heavy (non-hydrogen) atoms. The molecule has 98 valence electrons. The maximum absolute atomic E-state index is 11.8. The molecule has 0 spiro atoms. The van der Waals surface area contributed by atoms with E-state index in [0.717, 1.165) is 12.8 Å². The molecule has 1 rings (SSSR count). The van der Waals surface area contributed by atoms with Crippen LogP contribution in [-0.2, 0) is 9.59 Å². The van der Waals surface area contributed by atoms with Crippen LogP contribution in [0.5, 0.6) is 0 Å². The highest BCUT2D eigenvalue weighted by Gasteiger charge is 2.28. The molecule has 1 aliphatic rings. The molecule has 0 aliphatic carbocycles. The SMILES string of the molecule is CC(C)C1CCN(C(=O)C(N)CC(=O)O)CC1. The lowest BCUT2D eigenvalue weighted by atomic mass is 9.86. The zero-order valence-electron chi connectivity index (χ0n) is 10.6. The van der Waals surface area contributed by atoms with Crippen molar-refractivity contribution in [1.82, 2.24) is 4.90 Å². The van der Waals surface area contributed by atoms with Gasteiger partial charge in [0.25, 0.3) is 0 Å². The van der Waals surface area contributed by atoms with Crippen LogP contribution in [0.15, 0.2) is 0 Å². The van der Waals surface area contributed by atoms with Crippen molar-refractivity contribution in [2.45, 2.75) is 39.2 Å². The van der Waals surface area contributed by atoms with Crippen molar-refractivity contribution >= 4 is 11.9 Å². The molecule has 0 bridgehead atoms. The van der Waals surface area contributed by atoms with E-state index >= 15 is 0 Å². The van der Waals surface area contributed by atoms with Crippen molar-refractivity contribution in [2.24, 2.45) is 17.6 Å². The molecule has 5 nitrogen and oxygen atoms in total. The Balaban J connectivity index is 2.43. The Hall–Kier alpha value is -1.10. The number of likely N-dealkylation sites (tertiary alicyclic amines) is 1. The van der Waals surface area contributed by atoms with Crippen LogP contribution in [0.4, 0.5) is 0 Å². The molecule has 1 unspecified atom stereocenters. The predicted octanol–water partition coefficient (Wildman–Crippen LogP) is 0.683. The van der Waals surface area contributed by atoms with Crippen LogP contribution in [-0.4, -0.2) is 41.0 Å². The zero-order valence-corrected chi connectivity index (χ0v) is 10.6. The van der Waals surface area contributed by atoms with Gasteiger partial charge in [0.1, 0.15) is 0 Å². The third-order valence-electron chi connectivity index (χ3n) is 3.51. The van der Waals surface area contributed by atoms with Gasteiger partial charge in [0.2, 0.25) is 5.91 Å². The summed E-state index contributed by atoms with van der Waals surface area (Å²) in [5.41, 5.74) is 5.57. The van der Waals surface area contributed by atoms with Crippen LogP contribution in [0.3, 0.4) is 0 Å². The van der Waals surface area contributed by atoms with Crippen molar-refractivity contribution in [3.05, 3.63) is 0 Å². The molecule has 1 amide bonds. The third-order valence-corrected chi connectivity index (χ3v) is 3.51. The van der Waals surface area contributed by atoms with Crippen LogP contribution in [0, 0.1) is 11.8 Å². The van der Waals surface area contributed by atoms with Gasteiger partial charge in [-0.1, -0.05) is 13.8 Å². The van der Waals surface area contributed by atoms with Crippen LogP contribution in [0.2, 0.25) is 0 Å². The number of nitrogens with two attached hydrogens (primary N) is 1. The van der Waals surface area contributed by atoms with Gasteiger partial charge in [-0.3, -0.25) is 9.59 Å². The monoisotopic (exact) mass is 242 g/mol. The van der Waals surface area contributed by atoms with Gasteiger partial charge in [-0.25, -0.2) is 0 Å². The van der Waals surface area contributed by atoms with Crippen molar-refractivity contribution in [2.75, 3.05) is 13.1 Å². The summed E-state index contributed by atoms with van der Waals surface area (Å²) in [6.07, 6.45) is 1.69. The van der Waals surface area contributed by atoms with Gasteiger partial charge in [-0.2, -0.15) is 0 Å². The first kappa shape index (κ1) is 14.0. The molecule has 0 saturated carbocycles. The average molecular weight is 242 g/mol.